The van der Waals surface area contributed by atoms with Gasteiger partial charge in [-0.05, 0) is 62.6 Å². The number of halogens is 1. The average molecular weight is 494 g/mol. The fraction of sp³-hybridized carbons (Fsp3) is 0.519. The van der Waals surface area contributed by atoms with Crippen LogP contribution in [0.1, 0.15) is 74.8 Å². The number of carbonyl (C=O) groups is 1. The summed E-state index contributed by atoms with van der Waals surface area (Å²) in [7, 11) is 0. The Labute approximate surface area is 210 Å². The lowest BCUT2D eigenvalue weighted by Gasteiger charge is -2.24. The van der Waals surface area contributed by atoms with Crippen LogP contribution in [0.25, 0.3) is 11.5 Å². The first-order valence-electron chi connectivity index (χ1n) is 12.9. The van der Waals surface area contributed by atoms with Crippen LogP contribution in [0.15, 0.2) is 45.5 Å². The maximum atomic E-state index is 13.1. The molecule has 190 valence electrons. The number of benzene rings is 1. The van der Waals surface area contributed by atoms with Crippen LogP contribution >= 0.6 is 0 Å². The Balaban J connectivity index is 1.22. The molecule has 0 spiro atoms. The second kappa shape index (κ2) is 11.1. The summed E-state index contributed by atoms with van der Waals surface area (Å²) >= 11 is 0. The largest absolute Gasteiger partial charge is 0.339 e. The maximum Gasteiger partial charge on any atom is 0.257 e. The van der Waals surface area contributed by atoms with Gasteiger partial charge in [0.2, 0.25) is 5.89 Å². The predicted molar refractivity (Wildman–Crippen MR) is 132 cm³/mol. The van der Waals surface area contributed by atoms with E-state index in [9.17, 15) is 9.18 Å². The standard InChI is InChI=1S/C27H32FN5O3/c1-18(13-14-28)27(34)33(15-4-2-3-8-24-30-25(32-35-24)20-11-12-20)22-7-5-6-21(17-22)26-29-23(31-36-26)16-19-9-10-19/h5-7,17,19-20H,1-4,8-16H2. The van der Waals surface area contributed by atoms with Crippen LogP contribution in [0.2, 0.25) is 0 Å². The number of carbonyl (C=O) groups excluding carboxylic acids is 1. The van der Waals surface area contributed by atoms with Gasteiger partial charge in [0.1, 0.15) is 0 Å². The number of alkyl halides is 1. The Hall–Kier alpha value is -3.36. The summed E-state index contributed by atoms with van der Waals surface area (Å²) in [5.41, 5.74) is 1.70. The highest BCUT2D eigenvalue weighted by Gasteiger charge is 2.28. The van der Waals surface area contributed by atoms with E-state index in [1.165, 1.54) is 12.8 Å². The average Bonchev–Trinajstić information content (AvgIpc) is 3.81. The van der Waals surface area contributed by atoms with Crippen LogP contribution in [0.3, 0.4) is 0 Å². The van der Waals surface area contributed by atoms with Crippen molar-refractivity contribution in [1.29, 1.82) is 0 Å². The van der Waals surface area contributed by atoms with Crippen molar-refractivity contribution >= 4 is 11.6 Å². The molecule has 0 N–H and O–H groups in total. The van der Waals surface area contributed by atoms with Gasteiger partial charge in [-0.15, -0.1) is 0 Å². The number of amides is 1. The zero-order valence-electron chi connectivity index (χ0n) is 20.5. The molecule has 0 bridgehead atoms. The molecule has 2 aromatic heterocycles. The molecule has 0 unspecified atom stereocenters. The molecule has 2 aliphatic rings. The van der Waals surface area contributed by atoms with Crippen molar-refractivity contribution in [3.05, 3.63) is 54.0 Å². The maximum absolute atomic E-state index is 13.1. The van der Waals surface area contributed by atoms with Crippen LogP contribution in [0, 0.1) is 5.92 Å². The quantitative estimate of drug-likeness (QED) is 0.213. The smallest absolute Gasteiger partial charge is 0.257 e. The molecule has 3 aromatic rings. The number of hydrogen-bond acceptors (Lipinski definition) is 7. The van der Waals surface area contributed by atoms with Crippen molar-refractivity contribution in [3.8, 4) is 11.5 Å². The number of nitrogens with zero attached hydrogens (tertiary/aromatic N) is 5. The van der Waals surface area contributed by atoms with Gasteiger partial charge in [0.25, 0.3) is 11.8 Å². The summed E-state index contributed by atoms with van der Waals surface area (Å²) in [5.74, 6) is 3.53. The summed E-state index contributed by atoms with van der Waals surface area (Å²) in [5, 5.41) is 8.16. The third-order valence-corrected chi connectivity index (χ3v) is 6.68. The highest BCUT2D eigenvalue weighted by atomic mass is 19.1. The molecule has 2 aliphatic carbocycles. The van der Waals surface area contributed by atoms with Gasteiger partial charge in [-0.2, -0.15) is 9.97 Å². The SMILES string of the molecule is C=C(CCF)C(=O)N(CCCCCc1nc(C2CC2)no1)c1cccc(-c2nc(CC3CC3)no2)c1. The Kier molecular flexibility index (Phi) is 7.53. The lowest BCUT2D eigenvalue weighted by Crippen LogP contribution is -2.33. The van der Waals surface area contributed by atoms with Gasteiger partial charge >= 0.3 is 0 Å². The first-order chi connectivity index (χ1) is 17.6. The molecule has 0 atom stereocenters. The second-order valence-corrected chi connectivity index (χ2v) is 9.84. The monoisotopic (exact) mass is 493 g/mol. The van der Waals surface area contributed by atoms with E-state index in [1.807, 2.05) is 24.3 Å². The first kappa shape index (κ1) is 24.3. The minimum atomic E-state index is -0.614. The second-order valence-electron chi connectivity index (χ2n) is 9.84. The van der Waals surface area contributed by atoms with Crippen molar-refractivity contribution in [1.82, 2.24) is 20.3 Å². The Bertz CT molecular complexity index is 1200. The third-order valence-electron chi connectivity index (χ3n) is 6.68. The van der Waals surface area contributed by atoms with E-state index in [1.54, 1.807) is 4.90 Å². The Morgan fingerprint density at radius 2 is 1.94 bits per heavy atom. The summed E-state index contributed by atoms with van der Waals surface area (Å²) in [6.07, 6.45) is 8.83. The normalized spacial score (nSPS) is 15.2. The zero-order chi connectivity index (χ0) is 24.9. The molecular weight excluding hydrogens is 461 g/mol. The van der Waals surface area contributed by atoms with E-state index >= 15 is 0 Å². The molecule has 1 aromatic carbocycles. The van der Waals surface area contributed by atoms with Crippen molar-refractivity contribution < 1.29 is 18.2 Å². The number of aryl methyl sites for hydroxylation is 1. The zero-order valence-corrected chi connectivity index (χ0v) is 20.5. The van der Waals surface area contributed by atoms with Crippen molar-refractivity contribution in [2.24, 2.45) is 5.92 Å². The van der Waals surface area contributed by atoms with Crippen LogP contribution in [-0.2, 0) is 17.6 Å². The minimum Gasteiger partial charge on any atom is -0.339 e. The molecule has 0 saturated heterocycles. The van der Waals surface area contributed by atoms with Gasteiger partial charge < -0.3 is 13.9 Å². The first-order valence-corrected chi connectivity index (χ1v) is 12.9. The van der Waals surface area contributed by atoms with E-state index in [-0.39, 0.29) is 17.9 Å². The summed E-state index contributed by atoms with van der Waals surface area (Å²) < 4.78 is 23.8. The van der Waals surface area contributed by atoms with Crippen LogP contribution in [-0.4, -0.2) is 39.4 Å². The van der Waals surface area contributed by atoms with Gasteiger partial charge in [-0.25, -0.2) is 0 Å². The molecule has 0 aliphatic heterocycles. The fourth-order valence-corrected chi connectivity index (χ4v) is 4.20. The molecular formula is C27H32FN5O3. The Morgan fingerprint density at radius 3 is 2.72 bits per heavy atom. The van der Waals surface area contributed by atoms with Crippen LogP contribution in [0.4, 0.5) is 10.1 Å². The van der Waals surface area contributed by atoms with E-state index in [4.69, 9.17) is 9.05 Å². The predicted octanol–water partition coefficient (Wildman–Crippen LogP) is 5.61. The van der Waals surface area contributed by atoms with E-state index < -0.39 is 6.67 Å². The van der Waals surface area contributed by atoms with E-state index in [2.05, 4.69) is 26.9 Å². The Morgan fingerprint density at radius 1 is 1.08 bits per heavy atom. The third kappa shape index (κ3) is 6.25. The molecule has 1 amide bonds. The summed E-state index contributed by atoms with van der Waals surface area (Å²) in [6, 6.07) is 7.48. The summed E-state index contributed by atoms with van der Waals surface area (Å²) in [4.78, 5) is 23.8. The number of rotatable bonds is 14. The van der Waals surface area contributed by atoms with Gasteiger partial charge in [-0.1, -0.05) is 29.4 Å². The molecule has 5 rings (SSSR count). The molecule has 0 radical (unpaired) electrons. The minimum absolute atomic E-state index is 0.0176. The number of aromatic nitrogens is 4. The fourth-order valence-electron chi connectivity index (χ4n) is 4.20. The molecule has 2 fully saturated rings. The topological polar surface area (TPSA) is 98.2 Å². The van der Waals surface area contributed by atoms with E-state index in [0.717, 1.165) is 56.3 Å². The van der Waals surface area contributed by atoms with Crippen molar-refractivity contribution in [3.63, 3.8) is 0 Å². The van der Waals surface area contributed by atoms with Crippen molar-refractivity contribution in [2.75, 3.05) is 18.1 Å². The summed E-state index contributed by atoms with van der Waals surface area (Å²) in [6.45, 7) is 3.69. The van der Waals surface area contributed by atoms with Gasteiger partial charge in [0.15, 0.2) is 11.6 Å². The highest BCUT2D eigenvalue weighted by Crippen LogP contribution is 2.38. The number of anilines is 1. The molecule has 8 nitrogen and oxygen atoms in total. The van der Waals surface area contributed by atoms with Crippen LogP contribution < -0.4 is 4.90 Å². The molecule has 2 saturated carbocycles. The van der Waals surface area contributed by atoms with Gasteiger partial charge in [0, 0.05) is 48.5 Å². The highest BCUT2D eigenvalue weighted by molar-refractivity contribution is 6.05. The lowest BCUT2D eigenvalue weighted by atomic mass is 10.1. The lowest BCUT2D eigenvalue weighted by molar-refractivity contribution is -0.115. The molecule has 36 heavy (non-hydrogen) atoms. The van der Waals surface area contributed by atoms with Crippen LogP contribution in [0.5, 0.6) is 0 Å². The van der Waals surface area contributed by atoms with Gasteiger partial charge in [0.05, 0.1) is 6.67 Å². The van der Waals surface area contributed by atoms with Crippen molar-refractivity contribution in [2.45, 2.75) is 70.1 Å². The molecule has 2 heterocycles. The van der Waals surface area contributed by atoms with Gasteiger partial charge in [-0.3, -0.25) is 9.18 Å². The number of unbranched alkanes of at least 4 members (excludes halogenated alkanes) is 2. The number of hydrogen-bond donors (Lipinski definition) is 0. The van der Waals surface area contributed by atoms with E-state index in [0.29, 0.717) is 41.7 Å². The molecule has 9 heteroatoms.